The summed E-state index contributed by atoms with van der Waals surface area (Å²) in [6, 6.07) is 0. The zero-order valence-corrected chi connectivity index (χ0v) is 10.0. The standard InChI is InChI=1S/C12H15N5/c1-3-13-6-10-7-16-12(17-8-10)11-14-4-9(2)5-15-11/h4-5,7-8,13H,3,6H2,1-2H3. The van der Waals surface area contributed by atoms with E-state index >= 15 is 0 Å². The second-order valence-electron chi connectivity index (χ2n) is 3.78. The predicted molar refractivity (Wildman–Crippen MR) is 65.2 cm³/mol. The van der Waals surface area contributed by atoms with Crippen LogP contribution in [0.25, 0.3) is 11.6 Å². The number of aromatic nitrogens is 4. The Bertz CT molecular complexity index is 463. The quantitative estimate of drug-likeness (QED) is 0.857. The molecule has 0 aliphatic rings. The first-order chi connectivity index (χ1) is 8.29. The Morgan fingerprint density at radius 3 is 2.00 bits per heavy atom. The topological polar surface area (TPSA) is 63.6 Å². The van der Waals surface area contributed by atoms with Gasteiger partial charge in [0.25, 0.3) is 0 Å². The fourth-order valence-electron chi connectivity index (χ4n) is 1.34. The third-order valence-electron chi connectivity index (χ3n) is 2.27. The van der Waals surface area contributed by atoms with Gasteiger partial charge >= 0.3 is 0 Å². The van der Waals surface area contributed by atoms with Gasteiger partial charge in [-0.2, -0.15) is 0 Å². The van der Waals surface area contributed by atoms with Gasteiger partial charge in [0, 0.05) is 36.9 Å². The minimum atomic E-state index is 0.560. The third kappa shape index (κ3) is 3.04. The van der Waals surface area contributed by atoms with Gasteiger partial charge in [-0.1, -0.05) is 6.92 Å². The summed E-state index contributed by atoms with van der Waals surface area (Å²) in [5.41, 5.74) is 2.08. The molecule has 0 aromatic carbocycles. The smallest absolute Gasteiger partial charge is 0.197 e. The second kappa shape index (κ2) is 5.45. The lowest BCUT2D eigenvalue weighted by Crippen LogP contribution is -2.12. The van der Waals surface area contributed by atoms with E-state index in [0.29, 0.717) is 11.6 Å². The first-order valence-electron chi connectivity index (χ1n) is 5.60. The number of aryl methyl sites for hydroxylation is 1. The summed E-state index contributed by atoms with van der Waals surface area (Å²) in [5, 5.41) is 3.22. The summed E-state index contributed by atoms with van der Waals surface area (Å²) < 4.78 is 0. The fraction of sp³-hybridized carbons (Fsp3) is 0.333. The number of nitrogens with one attached hydrogen (secondary N) is 1. The Hall–Kier alpha value is -1.88. The summed E-state index contributed by atoms with van der Waals surface area (Å²) in [6.07, 6.45) is 7.12. The highest BCUT2D eigenvalue weighted by atomic mass is 15.0. The largest absolute Gasteiger partial charge is 0.313 e. The SMILES string of the molecule is CCNCc1cnc(-c2ncc(C)cn2)nc1. The molecule has 5 nitrogen and oxygen atoms in total. The van der Waals surface area contributed by atoms with Crippen molar-refractivity contribution in [2.75, 3.05) is 6.54 Å². The van der Waals surface area contributed by atoms with Crippen LogP contribution in [0.15, 0.2) is 24.8 Å². The van der Waals surface area contributed by atoms with Gasteiger partial charge in [-0.3, -0.25) is 0 Å². The molecular weight excluding hydrogens is 214 g/mol. The normalized spacial score (nSPS) is 10.5. The summed E-state index contributed by atoms with van der Waals surface area (Å²) in [4.78, 5) is 16.9. The van der Waals surface area contributed by atoms with Gasteiger partial charge in [0.2, 0.25) is 0 Å². The highest BCUT2D eigenvalue weighted by Gasteiger charge is 2.03. The highest BCUT2D eigenvalue weighted by Crippen LogP contribution is 2.08. The average molecular weight is 229 g/mol. The van der Waals surface area contributed by atoms with Gasteiger partial charge in [0.1, 0.15) is 0 Å². The molecule has 0 radical (unpaired) electrons. The van der Waals surface area contributed by atoms with Crippen molar-refractivity contribution in [1.82, 2.24) is 25.3 Å². The molecule has 0 spiro atoms. The van der Waals surface area contributed by atoms with Crippen molar-refractivity contribution in [3.8, 4) is 11.6 Å². The van der Waals surface area contributed by atoms with Crippen molar-refractivity contribution >= 4 is 0 Å². The van der Waals surface area contributed by atoms with E-state index in [1.807, 2.05) is 6.92 Å². The Labute approximate surface area is 100 Å². The van der Waals surface area contributed by atoms with E-state index in [9.17, 15) is 0 Å². The molecule has 0 amide bonds. The maximum absolute atomic E-state index is 4.26. The van der Waals surface area contributed by atoms with Crippen LogP contribution in [0.4, 0.5) is 0 Å². The molecule has 17 heavy (non-hydrogen) atoms. The number of hydrogen-bond acceptors (Lipinski definition) is 5. The van der Waals surface area contributed by atoms with Crippen LogP contribution < -0.4 is 5.32 Å². The van der Waals surface area contributed by atoms with Gasteiger partial charge < -0.3 is 5.32 Å². The van der Waals surface area contributed by atoms with Crippen molar-refractivity contribution in [3.63, 3.8) is 0 Å². The predicted octanol–water partition coefficient (Wildman–Crippen LogP) is 1.35. The van der Waals surface area contributed by atoms with Crippen molar-refractivity contribution in [3.05, 3.63) is 35.9 Å². The summed E-state index contributed by atoms with van der Waals surface area (Å²) in [7, 11) is 0. The van der Waals surface area contributed by atoms with Crippen LogP contribution in [0.2, 0.25) is 0 Å². The van der Waals surface area contributed by atoms with E-state index in [1.165, 1.54) is 0 Å². The van der Waals surface area contributed by atoms with Crippen LogP contribution in [-0.4, -0.2) is 26.5 Å². The fourth-order valence-corrected chi connectivity index (χ4v) is 1.34. The molecule has 0 fully saturated rings. The zero-order valence-electron chi connectivity index (χ0n) is 10.0. The van der Waals surface area contributed by atoms with Gasteiger partial charge in [-0.05, 0) is 19.0 Å². The molecule has 5 heteroatoms. The average Bonchev–Trinajstić information content (AvgIpc) is 2.38. The lowest BCUT2D eigenvalue weighted by atomic mass is 10.3. The van der Waals surface area contributed by atoms with E-state index in [1.54, 1.807) is 24.8 Å². The number of hydrogen-bond donors (Lipinski definition) is 1. The molecule has 0 atom stereocenters. The van der Waals surface area contributed by atoms with E-state index in [2.05, 4.69) is 32.2 Å². The lowest BCUT2D eigenvalue weighted by Gasteiger charge is -2.02. The van der Waals surface area contributed by atoms with Gasteiger partial charge in [-0.25, -0.2) is 19.9 Å². The van der Waals surface area contributed by atoms with E-state index < -0.39 is 0 Å². The molecular formula is C12H15N5. The Morgan fingerprint density at radius 1 is 0.941 bits per heavy atom. The molecule has 2 aromatic rings. The van der Waals surface area contributed by atoms with Gasteiger partial charge in [0.05, 0.1) is 0 Å². The molecule has 2 aromatic heterocycles. The monoisotopic (exact) mass is 229 g/mol. The Kier molecular flexibility index (Phi) is 3.72. The van der Waals surface area contributed by atoms with Crippen molar-refractivity contribution in [1.29, 1.82) is 0 Å². The molecule has 0 aliphatic carbocycles. The van der Waals surface area contributed by atoms with Crippen LogP contribution in [0.1, 0.15) is 18.1 Å². The van der Waals surface area contributed by atoms with Crippen LogP contribution in [-0.2, 0) is 6.54 Å². The van der Waals surface area contributed by atoms with Crippen molar-refractivity contribution in [2.24, 2.45) is 0 Å². The minimum Gasteiger partial charge on any atom is -0.313 e. The number of nitrogens with zero attached hydrogens (tertiary/aromatic N) is 4. The molecule has 2 rings (SSSR count). The molecule has 88 valence electrons. The number of rotatable bonds is 4. The molecule has 0 aliphatic heterocycles. The summed E-state index contributed by atoms with van der Waals surface area (Å²) in [6.45, 7) is 5.73. The Morgan fingerprint density at radius 2 is 1.47 bits per heavy atom. The first-order valence-corrected chi connectivity index (χ1v) is 5.60. The molecule has 0 unspecified atom stereocenters. The van der Waals surface area contributed by atoms with E-state index in [0.717, 1.165) is 24.2 Å². The second-order valence-corrected chi connectivity index (χ2v) is 3.78. The molecule has 0 saturated heterocycles. The highest BCUT2D eigenvalue weighted by molar-refractivity contribution is 5.41. The van der Waals surface area contributed by atoms with Crippen LogP contribution >= 0.6 is 0 Å². The van der Waals surface area contributed by atoms with Crippen LogP contribution in [0.3, 0.4) is 0 Å². The molecule has 2 heterocycles. The molecule has 0 bridgehead atoms. The zero-order chi connectivity index (χ0) is 12.1. The summed E-state index contributed by atoms with van der Waals surface area (Å²) in [5.74, 6) is 1.12. The van der Waals surface area contributed by atoms with Crippen molar-refractivity contribution < 1.29 is 0 Å². The minimum absolute atomic E-state index is 0.560. The third-order valence-corrected chi connectivity index (χ3v) is 2.27. The molecule has 1 N–H and O–H groups in total. The lowest BCUT2D eigenvalue weighted by molar-refractivity contribution is 0.721. The van der Waals surface area contributed by atoms with Crippen LogP contribution in [0, 0.1) is 6.92 Å². The Balaban J connectivity index is 2.14. The summed E-state index contributed by atoms with van der Waals surface area (Å²) >= 11 is 0. The molecule has 0 saturated carbocycles. The van der Waals surface area contributed by atoms with E-state index in [4.69, 9.17) is 0 Å². The van der Waals surface area contributed by atoms with Gasteiger partial charge in [-0.15, -0.1) is 0 Å². The maximum Gasteiger partial charge on any atom is 0.197 e. The maximum atomic E-state index is 4.26. The van der Waals surface area contributed by atoms with Crippen molar-refractivity contribution in [2.45, 2.75) is 20.4 Å². The first kappa shape index (κ1) is 11.6. The van der Waals surface area contributed by atoms with Gasteiger partial charge in [0.15, 0.2) is 11.6 Å². The van der Waals surface area contributed by atoms with Crippen LogP contribution in [0.5, 0.6) is 0 Å². The van der Waals surface area contributed by atoms with E-state index in [-0.39, 0.29) is 0 Å².